The van der Waals surface area contributed by atoms with Crippen LogP contribution in [0.4, 0.5) is 5.69 Å². The van der Waals surface area contributed by atoms with Crippen LogP contribution in [0.1, 0.15) is 35.9 Å². The molecule has 0 aliphatic carbocycles. The predicted molar refractivity (Wildman–Crippen MR) is 114 cm³/mol. The lowest BCUT2D eigenvalue weighted by molar-refractivity contribution is -0.146. The lowest BCUT2D eigenvalue weighted by Gasteiger charge is -2.33. The number of methoxy groups -OCH3 is 1. The van der Waals surface area contributed by atoms with Crippen LogP contribution < -0.4 is 10.6 Å². The second-order valence-corrected chi connectivity index (χ2v) is 7.08. The highest BCUT2D eigenvalue weighted by atomic mass is 16.5. The number of nitrogens with zero attached hydrogens (tertiary/aromatic N) is 2. The number of likely N-dealkylation sites (tertiary alicyclic amines) is 1. The zero-order valence-electron chi connectivity index (χ0n) is 17.4. The van der Waals surface area contributed by atoms with Gasteiger partial charge in [-0.15, -0.1) is 0 Å². The Labute approximate surface area is 176 Å². The van der Waals surface area contributed by atoms with Crippen molar-refractivity contribution in [2.75, 3.05) is 32.1 Å². The van der Waals surface area contributed by atoms with Crippen LogP contribution in [0.25, 0.3) is 0 Å². The van der Waals surface area contributed by atoms with Crippen LogP contribution >= 0.6 is 0 Å². The molecule has 1 aliphatic rings. The SMILES string of the molecule is CCNC(=NCc1ccc(NC(=O)c2ccco2)cc1)N1CCC(C(=O)OC)CC1. The number of rotatable bonds is 6. The second-order valence-electron chi connectivity index (χ2n) is 7.08. The van der Waals surface area contributed by atoms with E-state index >= 15 is 0 Å². The van der Waals surface area contributed by atoms with Crippen LogP contribution in [-0.4, -0.2) is 49.5 Å². The molecule has 1 aromatic carbocycles. The van der Waals surface area contributed by atoms with E-state index in [4.69, 9.17) is 14.1 Å². The number of nitrogens with one attached hydrogen (secondary N) is 2. The van der Waals surface area contributed by atoms with Crippen LogP contribution in [0, 0.1) is 5.92 Å². The van der Waals surface area contributed by atoms with E-state index in [2.05, 4.69) is 15.5 Å². The highest BCUT2D eigenvalue weighted by molar-refractivity contribution is 6.02. The average molecular weight is 412 g/mol. The first kappa shape index (κ1) is 21.4. The van der Waals surface area contributed by atoms with Gasteiger partial charge >= 0.3 is 5.97 Å². The van der Waals surface area contributed by atoms with Crippen molar-refractivity contribution < 1.29 is 18.7 Å². The summed E-state index contributed by atoms with van der Waals surface area (Å²) in [6.07, 6.45) is 3.00. The number of amides is 1. The molecule has 8 heteroatoms. The Morgan fingerprint density at radius 2 is 1.93 bits per heavy atom. The number of carbonyl (C=O) groups excluding carboxylic acids is 2. The molecule has 0 spiro atoms. The van der Waals surface area contributed by atoms with Crippen molar-refractivity contribution in [3.63, 3.8) is 0 Å². The molecule has 0 bridgehead atoms. The van der Waals surface area contributed by atoms with E-state index < -0.39 is 0 Å². The van der Waals surface area contributed by atoms with Gasteiger partial charge in [-0.25, -0.2) is 4.99 Å². The summed E-state index contributed by atoms with van der Waals surface area (Å²) in [5.74, 6) is 0.676. The molecule has 0 radical (unpaired) electrons. The summed E-state index contributed by atoms with van der Waals surface area (Å²) < 4.78 is 9.95. The Morgan fingerprint density at radius 1 is 1.20 bits per heavy atom. The number of hydrogen-bond donors (Lipinski definition) is 2. The molecule has 0 saturated carbocycles. The summed E-state index contributed by atoms with van der Waals surface area (Å²) in [5, 5.41) is 6.13. The van der Waals surface area contributed by atoms with Crippen LogP contribution in [0.5, 0.6) is 0 Å². The number of piperidine rings is 1. The van der Waals surface area contributed by atoms with Crippen molar-refractivity contribution in [2.24, 2.45) is 10.9 Å². The van der Waals surface area contributed by atoms with E-state index in [1.165, 1.54) is 13.4 Å². The first-order valence-corrected chi connectivity index (χ1v) is 10.2. The number of benzene rings is 1. The van der Waals surface area contributed by atoms with E-state index in [0.29, 0.717) is 12.2 Å². The van der Waals surface area contributed by atoms with Gasteiger partial charge in [0.2, 0.25) is 0 Å². The number of furan rings is 1. The maximum atomic E-state index is 12.0. The minimum absolute atomic E-state index is 0.0296. The molecule has 2 aromatic rings. The van der Waals surface area contributed by atoms with Crippen molar-refractivity contribution in [3.8, 4) is 0 Å². The fourth-order valence-electron chi connectivity index (χ4n) is 3.38. The first-order valence-electron chi connectivity index (χ1n) is 10.2. The smallest absolute Gasteiger partial charge is 0.308 e. The number of aliphatic imine (C=N–C) groups is 1. The lowest BCUT2D eigenvalue weighted by atomic mass is 9.97. The van der Waals surface area contributed by atoms with Gasteiger partial charge in [0, 0.05) is 25.3 Å². The van der Waals surface area contributed by atoms with Crippen LogP contribution in [0.2, 0.25) is 0 Å². The highest BCUT2D eigenvalue weighted by Gasteiger charge is 2.26. The lowest BCUT2D eigenvalue weighted by Crippen LogP contribution is -2.46. The summed E-state index contributed by atoms with van der Waals surface area (Å²) >= 11 is 0. The molecule has 1 saturated heterocycles. The molecule has 1 amide bonds. The third-order valence-electron chi connectivity index (χ3n) is 5.03. The standard InChI is InChI=1S/C22H28N4O4/c1-3-23-22(26-12-10-17(11-13-26)21(28)29-2)24-15-16-6-8-18(9-7-16)25-20(27)19-5-4-14-30-19/h4-9,14,17H,3,10-13,15H2,1-2H3,(H,23,24)(H,25,27). The Balaban J connectivity index is 1.57. The van der Waals surface area contributed by atoms with E-state index in [-0.39, 0.29) is 23.6 Å². The Hall–Kier alpha value is -3.29. The van der Waals surface area contributed by atoms with Crippen molar-refractivity contribution in [1.82, 2.24) is 10.2 Å². The zero-order valence-corrected chi connectivity index (χ0v) is 17.4. The monoisotopic (exact) mass is 412 g/mol. The highest BCUT2D eigenvalue weighted by Crippen LogP contribution is 2.19. The number of guanidine groups is 1. The molecule has 0 atom stereocenters. The molecular formula is C22H28N4O4. The summed E-state index contributed by atoms with van der Waals surface area (Å²) in [6, 6.07) is 10.9. The van der Waals surface area contributed by atoms with Crippen molar-refractivity contribution in [3.05, 3.63) is 54.0 Å². The minimum Gasteiger partial charge on any atom is -0.469 e. The van der Waals surface area contributed by atoms with E-state index in [1.807, 2.05) is 31.2 Å². The molecule has 30 heavy (non-hydrogen) atoms. The summed E-state index contributed by atoms with van der Waals surface area (Å²) in [7, 11) is 1.44. The van der Waals surface area contributed by atoms with Gasteiger partial charge in [-0.2, -0.15) is 0 Å². The van der Waals surface area contributed by atoms with Crippen molar-refractivity contribution in [1.29, 1.82) is 0 Å². The molecule has 2 N–H and O–H groups in total. The molecule has 160 valence electrons. The number of anilines is 1. The maximum absolute atomic E-state index is 12.0. The van der Waals surface area contributed by atoms with Gasteiger partial charge in [0.1, 0.15) is 0 Å². The molecular weight excluding hydrogens is 384 g/mol. The number of esters is 1. The second kappa shape index (κ2) is 10.5. The van der Waals surface area contributed by atoms with E-state index in [9.17, 15) is 9.59 Å². The van der Waals surface area contributed by atoms with Gasteiger partial charge in [0.25, 0.3) is 5.91 Å². The topological polar surface area (TPSA) is 96.2 Å². The van der Waals surface area contributed by atoms with Crippen LogP contribution in [0.15, 0.2) is 52.1 Å². The molecule has 1 aromatic heterocycles. The fourth-order valence-corrected chi connectivity index (χ4v) is 3.38. The predicted octanol–water partition coefficient (Wildman–Crippen LogP) is 2.88. The van der Waals surface area contributed by atoms with Crippen molar-refractivity contribution >= 4 is 23.5 Å². The van der Waals surface area contributed by atoms with Crippen molar-refractivity contribution in [2.45, 2.75) is 26.3 Å². The van der Waals surface area contributed by atoms with Crippen LogP contribution in [0.3, 0.4) is 0 Å². The Bertz CT molecular complexity index is 854. The Morgan fingerprint density at radius 3 is 2.53 bits per heavy atom. The zero-order chi connectivity index (χ0) is 21.3. The van der Waals surface area contributed by atoms with Gasteiger partial charge < -0.3 is 24.7 Å². The van der Waals surface area contributed by atoms with Gasteiger partial charge in [-0.05, 0) is 49.6 Å². The van der Waals surface area contributed by atoms with Gasteiger partial charge in [-0.3, -0.25) is 9.59 Å². The fraction of sp³-hybridized carbons (Fsp3) is 0.409. The third-order valence-corrected chi connectivity index (χ3v) is 5.03. The normalized spacial score (nSPS) is 15.0. The first-order chi connectivity index (χ1) is 14.6. The molecule has 0 unspecified atom stereocenters. The number of hydrogen-bond acceptors (Lipinski definition) is 5. The van der Waals surface area contributed by atoms with Gasteiger partial charge in [0.15, 0.2) is 11.7 Å². The largest absolute Gasteiger partial charge is 0.469 e. The summed E-state index contributed by atoms with van der Waals surface area (Å²) in [6.45, 7) is 4.86. The number of carbonyl (C=O) groups is 2. The molecule has 3 rings (SSSR count). The van der Waals surface area contributed by atoms with E-state index in [1.54, 1.807) is 12.1 Å². The third kappa shape index (κ3) is 5.62. The average Bonchev–Trinajstić information content (AvgIpc) is 3.32. The van der Waals surface area contributed by atoms with Gasteiger partial charge in [0.05, 0.1) is 25.8 Å². The molecule has 1 aliphatic heterocycles. The van der Waals surface area contributed by atoms with Gasteiger partial charge in [-0.1, -0.05) is 12.1 Å². The maximum Gasteiger partial charge on any atom is 0.308 e. The van der Waals surface area contributed by atoms with Crippen LogP contribution in [-0.2, 0) is 16.1 Å². The summed E-state index contributed by atoms with van der Waals surface area (Å²) in [4.78, 5) is 30.7. The summed E-state index contributed by atoms with van der Waals surface area (Å²) in [5.41, 5.74) is 1.73. The Kier molecular flexibility index (Phi) is 7.48. The molecule has 2 heterocycles. The van der Waals surface area contributed by atoms with E-state index in [0.717, 1.165) is 44.0 Å². The quantitative estimate of drug-likeness (QED) is 0.430. The molecule has 1 fully saturated rings. The molecule has 8 nitrogen and oxygen atoms in total. The minimum atomic E-state index is -0.282. The number of ether oxygens (including phenoxy) is 1.